The highest BCUT2D eigenvalue weighted by Crippen LogP contribution is 2.36. The highest BCUT2D eigenvalue weighted by molar-refractivity contribution is 7.17. The molecule has 7 heteroatoms. The molecule has 5 rings (SSSR count). The van der Waals surface area contributed by atoms with E-state index >= 15 is 0 Å². The van der Waals surface area contributed by atoms with Gasteiger partial charge in [0.15, 0.2) is 0 Å². The van der Waals surface area contributed by atoms with Crippen LogP contribution in [0.15, 0.2) is 35.0 Å². The van der Waals surface area contributed by atoms with E-state index in [0.29, 0.717) is 18.8 Å². The number of nitrogens with zero attached hydrogens (tertiary/aromatic N) is 2. The van der Waals surface area contributed by atoms with Gasteiger partial charge in [-0.2, -0.15) is 0 Å². The summed E-state index contributed by atoms with van der Waals surface area (Å²) in [6.07, 6.45) is 6.88. The van der Waals surface area contributed by atoms with E-state index in [1.165, 1.54) is 12.8 Å². The second-order valence-corrected chi connectivity index (χ2v) is 10.7. The van der Waals surface area contributed by atoms with Crippen LogP contribution in [0.5, 0.6) is 0 Å². The predicted molar refractivity (Wildman–Crippen MR) is 122 cm³/mol. The molecule has 0 radical (unpaired) electrons. The molecule has 1 aliphatic heterocycles. The summed E-state index contributed by atoms with van der Waals surface area (Å²) < 4.78 is 3.15. The average Bonchev–Trinajstić information content (AvgIpc) is 3.42. The molecule has 1 fully saturated rings. The molecule has 2 amide bonds. The predicted octanol–water partition coefficient (Wildman–Crippen LogP) is 5.02. The fourth-order valence-electron chi connectivity index (χ4n) is 4.84. The lowest BCUT2D eigenvalue weighted by Gasteiger charge is -2.44. The van der Waals surface area contributed by atoms with Gasteiger partial charge in [-0.15, -0.1) is 22.7 Å². The van der Waals surface area contributed by atoms with Crippen molar-refractivity contribution < 1.29 is 9.59 Å². The van der Waals surface area contributed by atoms with Gasteiger partial charge in [0.2, 0.25) is 5.91 Å². The van der Waals surface area contributed by atoms with Crippen molar-refractivity contribution in [2.45, 2.75) is 70.1 Å². The van der Waals surface area contributed by atoms with Crippen molar-refractivity contribution in [2.24, 2.45) is 0 Å². The Labute approximate surface area is 184 Å². The number of fused-ring (bicyclic) bond motifs is 3. The number of carbonyl (C=O) groups excluding carboxylic acids is 2. The molecule has 30 heavy (non-hydrogen) atoms. The van der Waals surface area contributed by atoms with Crippen LogP contribution in [0.1, 0.15) is 60.8 Å². The minimum atomic E-state index is -0.922. The van der Waals surface area contributed by atoms with Crippen molar-refractivity contribution in [1.29, 1.82) is 0 Å². The van der Waals surface area contributed by atoms with Crippen LogP contribution in [0.4, 0.5) is 0 Å². The van der Waals surface area contributed by atoms with Crippen LogP contribution in [-0.4, -0.2) is 32.9 Å². The first-order valence-corrected chi connectivity index (χ1v) is 12.5. The third-order valence-corrected chi connectivity index (χ3v) is 8.34. The number of hydrogen-bond donors (Lipinski definition) is 1. The number of nitrogens with one attached hydrogen (secondary N) is 1. The zero-order valence-corrected chi connectivity index (χ0v) is 18.9. The third-order valence-electron chi connectivity index (χ3n) is 6.62. The zero-order chi connectivity index (χ0) is 20.7. The summed E-state index contributed by atoms with van der Waals surface area (Å²) in [5, 5.41) is 7.39. The lowest BCUT2D eigenvalue weighted by molar-refractivity contribution is -0.134. The largest absolute Gasteiger partial charge is 0.351 e. The fourth-order valence-corrected chi connectivity index (χ4v) is 6.36. The van der Waals surface area contributed by atoms with E-state index in [4.69, 9.17) is 0 Å². The molecule has 1 N–H and O–H groups in total. The van der Waals surface area contributed by atoms with E-state index in [2.05, 4.69) is 11.4 Å². The smallest absolute Gasteiger partial charge is 0.271 e. The van der Waals surface area contributed by atoms with Crippen LogP contribution in [0.3, 0.4) is 0 Å². The van der Waals surface area contributed by atoms with Gasteiger partial charge in [-0.05, 0) is 48.7 Å². The van der Waals surface area contributed by atoms with Crippen LogP contribution >= 0.6 is 22.7 Å². The number of amides is 2. The second kappa shape index (κ2) is 7.85. The maximum Gasteiger partial charge on any atom is 0.271 e. The Morgan fingerprint density at radius 3 is 2.70 bits per heavy atom. The summed E-state index contributed by atoms with van der Waals surface area (Å²) in [6.45, 7) is 2.88. The van der Waals surface area contributed by atoms with E-state index < -0.39 is 5.54 Å². The van der Waals surface area contributed by atoms with Gasteiger partial charge in [0.1, 0.15) is 11.2 Å². The SMILES string of the molecule is C[C@]1(C(=O)NC2CCCCCC2)Cn2c(cc3sccc32)C(=O)N1Cc1cccs1. The molecule has 0 unspecified atom stereocenters. The molecule has 1 atom stereocenters. The Morgan fingerprint density at radius 1 is 1.17 bits per heavy atom. The van der Waals surface area contributed by atoms with Crippen molar-refractivity contribution in [1.82, 2.24) is 14.8 Å². The Hall–Kier alpha value is -2.12. The number of thiophene rings is 2. The van der Waals surface area contributed by atoms with Crippen LogP contribution in [-0.2, 0) is 17.9 Å². The Morgan fingerprint density at radius 2 is 1.97 bits per heavy atom. The summed E-state index contributed by atoms with van der Waals surface area (Å²) >= 11 is 3.27. The lowest BCUT2D eigenvalue weighted by Crippen LogP contribution is -2.64. The summed E-state index contributed by atoms with van der Waals surface area (Å²) in [4.78, 5) is 30.2. The van der Waals surface area contributed by atoms with Crippen molar-refractivity contribution in [3.63, 3.8) is 0 Å². The van der Waals surface area contributed by atoms with E-state index in [1.54, 1.807) is 27.6 Å². The summed E-state index contributed by atoms with van der Waals surface area (Å²) in [7, 11) is 0. The molecule has 5 nitrogen and oxygen atoms in total. The topological polar surface area (TPSA) is 54.3 Å². The van der Waals surface area contributed by atoms with Crippen molar-refractivity contribution >= 4 is 44.7 Å². The number of rotatable bonds is 4. The van der Waals surface area contributed by atoms with Crippen molar-refractivity contribution in [3.05, 3.63) is 45.6 Å². The van der Waals surface area contributed by atoms with Gasteiger partial charge in [-0.3, -0.25) is 9.59 Å². The summed E-state index contributed by atoms with van der Waals surface area (Å²) in [5.41, 5.74) is 0.814. The highest BCUT2D eigenvalue weighted by Gasteiger charge is 2.48. The van der Waals surface area contributed by atoms with Gasteiger partial charge in [0, 0.05) is 10.9 Å². The summed E-state index contributed by atoms with van der Waals surface area (Å²) in [6, 6.07) is 8.27. The van der Waals surface area contributed by atoms with Gasteiger partial charge < -0.3 is 14.8 Å². The van der Waals surface area contributed by atoms with Crippen molar-refractivity contribution in [2.75, 3.05) is 0 Å². The van der Waals surface area contributed by atoms with Crippen molar-refractivity contribution in [3.8, 4) is 0 Å². The standard InChI is InChI=1S/C23H27N3O2S2/c1-23(22(28)24-16-7-4-2-3-5-8-16)15-25-18-10-12-30-20(18)13-19(25)21(27)26(23)14-17-9-6-11-29-17/h6,9-13,16H,2-5,7-8,14-15H2,1H3,(H,24,28)/t23-/m1/s1. The first-order chi connectivity index (χ1) is 14.6. The molecule has 3 aromatic rings. The van der Waals surface area contributed by atoms with Gasteiger partial charge >= 0.3 is 0 Å². The molecule has 4 heterocycles. The molecule has 1 saturated carbocycles. The fraction of sp³-hybridized carbons (Fsp3) is 0.478. The minimum Gasteiger partial charge on any atom is -0.351 e. The Kier molecular flexibility index (Phi) is 5.19. The molecule has 0 bridgehead atoms. The molecule has 0 spiro atoms. The average molecular weight is 442 g/mol. The van der Waals surface area contributed by atoms with E-state index in [-0.39, 0.29) is 17.9 Å². The maximum absolute atomic E-state index is 13.7. The van der Waals surface area contributed by atoms with Gasteiger partial charge in [-0.1, -0.05) is 31.7 Å². The molecular weight excluding hydrogens is 414 g/mol. The van der Waals surface area contributed by atoms with Gasteiger partial charge in [-0.25, -0.2) is 0 Å². The Balaban J connectivity index is 1.51. The second-order valence-electron chi connectivity index (χ2n) is 8.69. The van der Waals surface area contributed by atoms with Crippen LogP contribution in [0, 0.1) is 0 Å². The monoisotopic (exact) mass is 441 g/mol. The molecule has 1 aliphatic carbocycles. The van der Waals surface area contributed by atoms with Crippen LogP contribution < -0.4 is 5.32 Å². The van der Waals surface area contributed by atoms with E-state index in [1.807, 2.05) is 40.5 Å². The molecular formula is C23H27N3O2S2. The first kappa shape index (κ1) is 19.8. The molecule has 158 valence electrons. The lowest BCUT2D eigenvalue weighted by atomic mass is 9.93. The zero-order valence-electron chi connectivity index (χ0n) is 17.2. The highest BCUT2D eigenvalue weighted by atomic mass is 32.1. The number of aromatic nitrogens is 1. The van der Waals surface area contributed by atoms with E-state index in [9.17, 15) is 9.59 Å². The molecule has 3 aromatic heterocycles. The van der Waals surface area contributed by atoms with Crippen LogP contribution in [0.25, 0.3) is 10.2 Å². The summed E-state index contributed by atoms with van der Waals surface area (Å²) in [5.74, 6) is -0.0846. The maximum atomic E-state index is 13.7. The van der Waals surface area contributed by atoms with E-state index in [0.717, 1.165) is 40.8 Å². The van der Waals surface area contributed by atoms with Gasteiger partial charge in [0.25, 0.3) is 5.91 Å². The molecule has 0 aromatic carbocycles. The molecule has 0 saturated heterocycles. The Bertz CT molecular complexity index is 1060. The first-order valence-electron chi connectivity index (χ1n) is 10.8. The molecule has 2 aliphatic rings. The number of hydrogen-bond acceptors (Lipinski definition) is 4. The third kappa shape index (κ3) is 3.38. The van der Waals surface area contributed by atoms with Crippen LogP contribution in [0.2, 0.25) is 0 Å². The number of carbonyl (C=O) groups is 2. The minimum absolute atomic E-state index is 0.0259. The quantitative estimate of drug-likeness (QED) is 0.578. The normalized spacial score (nSPS) is 22.8. The van der Waals surface area contributed by atoms with Gasteiger partial charge in [0.05, 0.1) is 23.3 Å².